The Labute approximate surface area is 84.8 Å². The number of hydrogen-bond acceptors (Lipinski definition) is 2. The lowest BCUT2D eigenvalue weighted by atomic mass is 10.0. The number of ether oxygens (including phenoxy) is 1. The van der Waals surface area contributed by atoms with Crippen molar-refractivity contribution in [2.24, 2.45) is 0 Å². The summed E-state index contributed by atoms with van der Waals surface area (Å²) in [7, 11) is 0. The summed E-state index contributed by atoms with van der Waals surface area (Å²) in [5, 5.41) is 9.66. The van der Waals surface area contributed by atoms with Crippen molar-refractivity contribution in [1.29, 1.82) is 0 Å². The molecule has 0 aliphatic carbocycles. The van der Waals surface area contributed by atoms with Gasteiger partial charge < -0.3 is 9.84 Å². The molecule has 0 saturated carbocycles. The van der Waals surface area contributed by atoms with Crippen LogP contribution >= 0.6 is 0 Å². The fourth-order valence-electron chi connectivity index (χ4n) is 1.36. The van der Waals surface area contributed by atoms with Gasteiger partial charge in [-0.3, -0.25) is 0 Å². The quantitative estimate of drug-likeness (QED) is 0.746. The van der Waals surface area contributed by atoms with Gasteiger partial charge in [0.2, 0.25) is 0 Å². The van der Waals surface area contributed by atoms with Crippen molar-refractivity contribution < 1.29 is 9.84 Å². The van der Waals surface area contributed by atoms with Crippen molar-refractivity contribution in [3.63, 3.8) is 0 Å². The van der Waals surface area contributed by atoms with Crippen LogP contribution in [-0.4, -0.2) is 11.7 Å². The predicted molar refractivity (Wildman–Crippen MR) is 58.0 cm³/mol. The fraction of sp³-hybridized carbons (Fsp3) is 0.333. The van der Waals surface area contributed by atoms with Crippen LogP contribution in [0.3, 0.4) is 0 Å². The standard InChI is InChI=1S/C12H16O2/c1-5-6-14-12-10(4)9(3)8(2)7-11(12)13/h5,7,13H,1,6H2,2-4H3. The van der Waals surface area contributed by atoms with Gasteiger partial charge in [-0.15, -0.1) is 0 Å². The van der Waals surface area contributed by atoms with Gasteiger partial charge in [0.15, 0.2) is 11.5 Å². The smallest absolute Gasteiger partial charge is 0.164 e. The van der Waals surface area contributed by atoms with Crippen molar-refractivity contribution in [3.8, 4) is 11.5 Å². The van der Waals surface area contributed by atoms with Crippen LogP contribution < -0.4 is 4.74 Å². The molecule has 0 unspecified atom stereocenters. The van der Waals surface area contributed by atoms with Crippen molar-refractivity contribution in [2.45, 2.75) is 20.8 Å². The Bertz CT molecular complexity index is 354. The Morgan fingerprint density at radius 2 is 2.00 bits per heavy atom. The zero-order valence-corrected chi connectivity index (χ0v) is 8.92. The normalized spacial score (nSPS) is 9.93. The highest BCUT2D eigenvalue weighted by atomic mass is 16.5. The summed E-state index contributed by atoms with van der Waals surface area (Å²) in [5.41, 5.74) is 3.22. The number of aryl methyl sites for hydroxylation is 1. The predicted octanol–water partition coefficient (Wildman–Crippen LogP) is 2.88. The number of aromatic hydroxyl groups is 1. The van der Waals surface area contributed by atoms with E-state index < -0.39 is 0 Å². The second-order valence-corrected chi connectivity index (χ2v) is 3.39. The van der Waals surface area contributed by atoms with E-state index >= 15 is 0 Å². The number of phenolic OH excluding ortho intramolecular Hbond substituents is 1. The first-order chi connectivity index (χ1) is 6.57. The molecule has 1 N–H and O–H groups in total. The summed E-state index contributed by atoms with van der Waals surface area (Å²) >= 11 is 0. The molecule has 76 valence electrons. The molecule has 0 atom stereocenters. The summed E-state index contributed by atoms with van der Waals surface area (Å²) in [6.07, 6.45) is 1.66. The van der Waals surface area contributed by atoms with E-state index in [9.17, 15) is 5.11 Å². The first-order valence-electron chi connectivity index (χ1n) is 4.61. The summed E-state index contributed by atoms with van der Waals surface area (Å²) < 4.78 is 5.38. The molecule has 0 fully saturated rings. The Hall–Kier alpha value is -1.44. The molecule has 1 aromatic rings. The Balaban J connectivity index is 3.15. The monoisotopic (exact) mass is 192 g/mol. The molecule has 0 aromatic heterocycles. The minimum Gasteiger partial charge on any atom is -0.504 e. The third-order valence-electron chi connectivity index (χ3n) is 2.43. The zero-order chi connectivity index (χ0) is 10.7. The molecule has 0 aliphatic heterocycles. The second kappa shape index (κ2) is 4.18. The second-order valence-electron chi connectivity index (χ2n) is 3.39. The van der Waals surface area contributed by atoms with Crippen LogP contribution in [0.15, 0.2) is 18.7 Å². The fourth-order valence-corrected chi connectivity index (χ4v) is 1.36. The maximum Gasteiger partial charge on any atom is 0.164 e. The number of hydrogen-bond donors (Lipinski definition) is 1. The highest BCUT2D eigenvalue weighted by molar-refractivity contribution is 5.52. The molecule has 0 bridgehead atoms. The lowest BCUT2D eigenvalue weighted by Crippen LogP contribution is -1.98. The van der Waals surface area contributed by atoms with Gasteiger partial charge in [0, 0.05) is 0 Å². The van der Waals surface area contributed by atoms with Crippen LogP contribution in [0.25, 0.3) is 0 Å². The van der Waals surface area contributed by atoms with Crippen LogP contribution in [0.4, 0.5) is 0 Å². The highest BCUT2D eigenvalue weighted by Crippen LogP contribution is 2.33. The maximum atomic E-state index is 9.66. The van der Waals surface area contributed by atoms with E-state index in [2.05, 4.69) is 6.58 Å². The van der Waals surface area contributed by atoms with E-state index in [1.165, 1.54) is 0 Å². The van der Waals surface area contributed by atoms with Gasteiger partial charge in [-0.05, 0) is 43.5 Å². The van der Waals surface area contributed by atoms with E-state index in [1.54, 1.807) is 12.1 Å². The van der Waals surface area contributed by atoms with Crippen molar-refractivity contribution in [1.82, 2.24) is 0 Å². The number of rotatable bonds is 3. The average Bonchev–Trinajstić information content (AvgIpc) is 2.14. The number of phenols is 1. The molecular weight excluding hydrogens is 176 g/mol. The lowest BCUT2D eigenvalue weighted by Gasteiger charge is -2.13. The lowest BCUT2D eigenvalue weighted by molar-refractivity contribution is 0.333. The summed E-state index contributed by atoms with van der Waals surface area (Å²) in [6, 6.07) is 1.72. The van der Waals surface area contributed by atoms with Crippen molar-refractivity contribution in [2.75, 3.05) is 6.61 Å². The molecule has 1 rings (SSSR count). The van der Waals surface area contributed by atoms with Gasteiger partial charge in [0.05, 0.1) is 0 Å². The van der Waals surface area contributed by atoms with E-state index in [0.29, 0.717) is 12.4 Å². The van der Waals surface area contributed by atoms with Crippen LogP contribution in [0, 0.1) is 20.8 Å². The Morgan fingerprint density at radius 1 is 1.36 bits per heavy atom. The first-order valence-corrected chi connectivity index (χ1v) is 4.61. The van der Waals surface area contributed by atoms with Gasteiger partial charge in [-0.2, -0.15) is 0 Å². The summed E-state index contributed by atoms with van der Waals surface area (Å²) in [5.74, 6) is 0.764. The van der Waals surface area contributed by atoms with E-state index in [4.69, 9.17) is 4.74 Å². The van der Waals surface area contributed by atoms with E-state index in [1.807, 2.05) is 20.8 Å². The van der Waals surface area contributed by atoms with Gasteiger partial charge in [0.25, 0.3) is 0 Å². The molecule has 1 aromatic carbocycles. The molecule has 0 saturated heterocycles. The SMILES string of the molecule is C=CCOc1c(O)cc(C)c(C)c1C. The molecule has 0 heterocycles. The molecule has 0 spiro atoms. The van der Waals surface area contributed by atoms with Crippen LogP contribution in [0.5, 0.6) is 11.5 Å². The van der Waals surface area contributed by atoms with Crippen LogP contribution in [-0.2, 0) is 0 Å². The molecule has 2 nitrogen and oxygen atoms in total. The molecule has 2 heteroatoms. The average molecular weight is 192 g/mol. The zero-order valence-electron chi connectivity index (χ0n) is 8.92. The van der Waals surface area contributed by atoms with Crippen LogP contribution in [0.2, 0.25) is 0 Å². The Kier molecular flexibility index (Phi) is 3.18. The van der Waals surface area contributed by atoms with E-state index in [0.717, 1.165) is 16.7 Å². The first kappa shape index (κ1) is 10.6. The number of benzene rings is 1. The molecule has 0 amide bonds. The van der Waals surface area contributed by atoms with E-state index in [-0.39, 0.29) is 5.75 Å². The molecule has 0 aliphatic rings. The highest BCUT2D eigenvalue weighted by Gasteiger charge is 2.10. The Morgan fingerprint density at radius 3 is 2.57 bits per heavy atom. The van der Waals surface area contributed by atoms with Crippen molar-refractivity contribution in [3.05, 3.63) is 35.4 Å². The maximum absolute atomic E-state index is 9.66. The topological polar surface area (TPSA) is 29.5 Å². The van der Waals surface area contributed by atoms with Gasteiger partial charge in [0.1, 0.15) is 6.61 Å². The largest absolute Gasteiger partial charge is 0.504 e. The minimum absolute atomic E-state index is 0.201. The van der Waals surface area contributed by atoms with Gasteiger partial charge in [-0.1, -0.05) is 12.7 Å². The molecular formula is C12H16O2. The van der Waals surface area contributed by atoms with Crippen molar-refractivity contribution >= 4 is 0 Å². The third kappa shape index (κ3) is 1.90. The molecule has 0 radical (unpaired) electrons. The summed E-state index contributed by atoms with van der Waals surface area (Å²) in [4.78, 5) is 0. The minimum atomic E-state index is 0.201. The van der Waals surface area contributed by atoms with Crippen LogP contribution in [0.1, 0.15) is 16.7 Å². The third-order valence-corrected chi connectivity index (χ3v) is 2.43. The molecule has 14 heavy (non-hydrogen) atoms. The van der Waals surface area contributed by atoms with Gasteiger partial charge in [-0.25, -0.2) is 0 Å². The summed E-state index contributed by atoms with van der Waals surface area (Å²) in [6.45, 7) is 9.92. The van der Waals surface area contributed by atoms with Gasteiger partial charge >= 0.3 is 0 Å².